The number of para-hydroxylation sites is 1. The number of hydrogen-bond donors (Lipinski definition) is 2. The van der Waals surface area contributed by atoms with Gasteiger partial charge in [0.1, 0.15) is 24.4 Å². The topological polar surface area (TPSA) is 85.6 Å². The minimum atomic E-state index is -0.173. The summed E-state index contributed by atoms with van der Waals surface area (Å²) in [5.41, 5.74) is 1.03. The van der Waals surface area contributed by atoms with Gasteiger partial charge in [0.2, 0.25) is 0 Å². The number of nitrogens with zero attached hydrogens (tertiary/aromatic N) is 4. The Kier molecular flexibility index (Phi) is 6.95. The Morgan fingerprint density at radius 3 is 2.97 bits per heavy atom. The van der Waals surface area contributed by atoms with Crippen LogP contribution in [0.1, 0.15) is 39.1 Å². The van der Waals surface area contributed by atoms with Crippen LogP contribution in [0, 0.1) is 0 Å². The van der Waals surface area contributed by atoms with Crippen molar-refractivity contribution in [3.05, 3.63) is 35.9 Å². The predicted octanol–water partition coefficient (Wildman–Crippen LogP) is 2.19. The molecule has 0 aliphatic carbocycles. The Morgan fingerprint density at radius 2 is 2.17 bits per heavy atom. The molecule has 0 radical (unpaired) electrons. The molecule has 0 amide bonds. The van der Waals surface area contributed by atoms with E-state index in [4.69, 9.17) is 9.47 Å². The van der Waals surface area contributed by atoms with E-state index in [1.54, 1.807) is 6.33 Å². The Balaban J connectivity index is 1.47. The first kappa shape index (κ1) is 21.0. The van der Waals surface area contributed by atoms with E-state index in [-0.39, 0.29) is 5.60 Å². The van der Waals surface area contributed by atoms with E-state index in [0.717, 1.165) is 49.2 Å². The van der Waals surface area contributed by atoms with Crippen LogP contribution in [-0.4, -0.2) is 52.6 Å². The smallest absolute Gasteiger partial charge is 0.191 e. The second-order valence-electron chi connectivity index (χ2n) is 7.61. The van der Waals surface area contributed by atoms with Crippen molar-refractivity contribution in [3.8, 4) is 11.5 Å². The summed E-state index contributed by atoms with van der Waals surface area (Å²) in [6.45, 7) is 11.7. The Hall–Kier alpha value is -2.77. The lowest BCUT2D eigenvalue weighted by Gasteiger charge is -2.18. The molecule has 0 unspecified atom stereocenters. The number of aromatic nitrogens is 3. The van der Waals surface area contributed by atoms with Crippen molar-refractivity contribution >= 4 is 5.96 Å². The third-order valence-corrected chi connectivity index (χ3v) is 4.67. The first-order valence-corrected chi connectivity index (χ1v) is 10.3. The highest BCUT2D eigenvalue weighted by Gasteiger charge is 2.32. The lowest BCUT2D eigenvalue weighted by Crippen LogP contribution is -2.39. The molecule has 0 fully saturated rings. The molecule has 3 rings (SSSR count). The average molecular weight is 401 g/mol. The maximum absolute atomic E-state index is 6.06. The van der Waals surface area contributed by atoms with E-state index in [9.17, 15) is 0 Å². The molecule has 0 saturated carbocycles. The minimum Gasteiger partial charge on any atom is -0.488 e. The molecule has 0 saturated heterocycles. The zero-order chi connectivity index (χ0) is 20.7. The van der Waals surface area contributed by atoms with Crippen molar-refractivity contribution in [3.63, 3.8) is 0 Å². The maximum Gasteiger partial charge on any atom is 0.191 e. The van der Waals surface area contributed by atoms with Crippen molar-refractivity contribution in [1.82, 2.24) is 25.4 Å². The molecule has 2 N–H and O–H groups in total. The maximum atomic E-state index is 6.06. The third kappa shape index (κ3) is 5.62. The van der Waals surface area contributed by atoms with Gasteiger partial charge in [0.05, 0.1) is 13.1 Å². The largest absolute Gasteiger partial charge is 0.488 e. The van der Waals surface area contributed by atoms with Crippen LogP contribution in [0.15, 0.2) is 29.5 Å². The van der Waals surface area contributed by atoms with Crippen molar-refractivity contribution in [2.75, 3.05) is 26.2 Å². The fourth-order valence-corrected chi connectivity index (χ4v) is 3.38. The zero-order valence-corrected chi connectivity index (χ0v) is 17.9. The lowest BCUT2D eigenvalue weighted by molar-refractivity contribution is 0.132. The predicted molar refractivity (Wildman–Crippen MR) is 114 cm³/mol. The van der Waals surface area contributed by atoms with E-state index in [1.165, 1.54) is 5.56 Å². The Bertz CT molecular complexity index is 830. The summed E-state index contributed by atoms with van der Waals surface area (Å²) in [7, 11) is 0. The van der Waals surface area contributed by atoms with E-state index in [2.05, 4.69) is 59.6 Å². The van der Waals surface area contributed by atoms with Gasteiger partial charge in [-0.25, -0.2) is 0 Å². The second-order valence-corrected chi connectivity index (χ2v) is 7.61. The van der Waals surface area contributed by atoms with Gasteiger partial charge in [0, 0.05) is 31.5 Å². The molecule has 0 spiro atoms. The van der Waals surface area contributed by atoms with Gasteiger partial charge in [0.15, 0.2) is 17.5 Å². The summed E-state index contributed by atoms with van der Waals surface area (Å²) in [6.07, 6.45) is 3.52. The summed E-state index contributed by atoms with van der Waals surface area (Å²) in [6, 6.07) is 6.09. The highest BCUT2D eigenvalue weighted by Crippen LogP contribution is 2.41. The zero-order valence-electron chi connectivity index (χ0n) is 17.9. The first-order valence-electron chi connectivity index (χ1n) is 10.3. The normalized spacial score (nSPS) is 15.0. The van der Waals surface area contributed by atoms with Gasteiger partial charge in [0.25, 0.3) is 0 Å². The van der Waals surface area contributed by atoms with E-state index in [0.29, 0.717) is 19.7 Å². The molecule has 158 valence electrons. The van der Waals surface area contributed by atoms with E-state index in [1.807, 2.05) is 16.7 Å². The highest BCUT2D eigenvalue weighted by atomic mass is 16.5. The summed E-state index contributed by atoms with van der Waals surface area (Å²) in [5, 5.41) is 14.6. The number of nitrogens with one attached hydrogen (secondary N) is 2. The van der Waals surface area contributed by atoms with Gasteiger partial charge in [-0.05, 0) is 26.8 Å². The molecule has 1 aliphatic rings. The molecular weight excluding hydrogens is 368 g/mol. The molecule has 1 aromatic heterocycles. The van der Waals surface area contributed by atoms with Gasteiger partial charge >= 0.3 is 0 Å². The Morgan fingerprint density at radius 1 is 1.31 bits per heavy atom. The van der Waals surface area contributed by atoms with Crippen LogP contribution in [0.25, 0.3) is 0 Å². The van der Waals surface area contributed by atoms with Gasteiger partial charge in [-0.15, -0.1) is 10.2 Å². The van der Waals surface area contributed by atoms with Gasteiger partial charge < -0.3 is 24.7 Å². The second kappa shape index (κ2) is 9.62. The number of hydrogen-bond acceptors (Lipinski definition) is 5. The molecule has 0 atom stereocenters. The number of aliphatic imine (C=N–C) groups is 1. The first-order chi connectivity index (χ1) is 14.0. The van der Waals surface area contributed by atoms with Crippen LogP contribution in [0.5, 0.6) is 11.5 Å². The summed E-state index contributed by atoms with van der Waals surface area (Å²) in [4.78, 5) is 4.62. The monoisotopic (exact) mass is 400 g/mol. The number of benzene rings is 1. The number of rotatable bonds is 9. The molecule has 0 bridgehead atoms. The third-order valence-electron chi connectivity index (χ3n) is 4.67. The Labute approximate surface area is 172 Å². The molecule has 8 nitrogen and oxygen atoms in total. The van der Waals surface area contributed by atoms with Crippen molar-refractivity contribution in [1.29, 1.82) is 0 Å². The number of ether oxygens (including phenoxy) is 2. The standard InChI is InChI=1S/C21H32N6O2/c1-5-18-26-25-15-27(18)12-10-23-20(22-6-2)24-11-13-28-17-9-7-8-16-14-21(3,4)29-19(16)17/h7-9,15H,5-6,10-14H2,1-4H3,(H2,22,23,24). The molecule has 2 aromatic rings. The molecule has 2 heterocycles. The summed E-state index contributed by atoms with van der Waals surface area (Å²) >= 11 is 0. The lowest BCUT2D eigenvalue weighted by atomic mass is 10.0. The molecule has 1 aliphatic heterocycles. The molecule has 29 heavy (non-hydrogen) atoms. The van der Waals surface area contributed by atoms with Crippen LogP contribution in [0.4, 0.5) is 0 Å². The number of fused-ring (bicyclic) bond motifs is 1. The van der Waals surface area contributed by atoms with Crippen LogP contribution in [-0.2, 0) is 19.4 Å². The molecule has 8 heteroatoms. The molecular formula is C21H32N6O2. The highest BCUT2D eigenvalue weighted by molar-refractivity contribution is 5.79. The van der Waals surface area contributed by atoms with Gasteiger partial charge in [-0.1, -0.05) is 19.1 Å². The number of aryl methyl sites for hydroxylation is 1. The van der Waals surface area contributed by atoms with Crippen LogP contribution in [0.2, 0.25) is 0 Å². The van der Waals surface area contributed by atoms with Crippen LogP contribution >= 0.6 is 0 Å². The van der Waals surface area contributed by atoms with Crippen molar-refractivity contribution in [2.45, 2.75) is 52.7 Å². The quantitative estimate of drug-likeness (QED) is 0.381. The molecule has 1 aromatic carbocycles. The summed E-state index contributed by atoms with van der Waals surface area (Å²) in [5.74, 6) is 3.43. The SMILES string of the molecule is CCNC(=NCCn1cnnc1CC)NCCOc1cccc2c1OC(C)(C)C2. The fraction of sp³-hybridized carbons (Fsp3) is 0.571. The van der Waals surface area contributed by atoms with E-state index < -0.39 is 0 Å². The van der Waals surface area contributed by atoms with Crippen LogP contribution in [0.3, 0.4) is 0 Å². The van der Waals surface area contributed by atoms with Crippen molar-refractivity contribution in [2.24, 2.45) is 4.99 Å². The summed E-state index contributed by atoms with van der Waals surface area (Å²) < 4.78 is 14.1. The minimum absolute atomic E-state index is 0.173. The van der Waals surface area contributed by atoms with Gasteiger partial charge in [-0.3, -0.25) is 4.99 Å². The number of guanidine groups is 1. The van der Waals surface area contributed by atoms with E-state index >= 15 is 0 Å². The van der Waals surface area contributed by atoms with Crippen LogP contribution < -0.4 is 20.1 Å². The fourth-order valence-electron chi connectivity index (χ4n) is 3.38. The van der Waals surface area contributed by atoms with Crippen molar-refractivity contribution < 1.29 is 9.47 Å². The van der Waals surface area contributed by atoms with Gasteiger partial charge in [-0.2, -0.15) is 0 Å². The average Bonchev–Trinajstić information content (AvgIpc) is 3.27.